The number of hydrogen-bond donors (Lipinski definition) is 1. The van der Waals surface area contributed by atoms with Crippen LogP contribution in [0.4, 0.5) is 10.1 Å². The van der Waals surface area contributed by atoms with Gasteiger partial charge in [-0.3, -0.25) is 0 Å². The van der Waals surface area contributed by atoms with Gasteiger partial charge in [0.25, 0.3) is 0 Å². The minimum absolute atomic E-state index is 0.206. The molecule has 0 bridgehead atoms. The van der Waals surface area contributed by atoms with Crippen LogP contribution in [0, 0.1) is 0 Å². The third-order valence-electron chi connectivity index (χ3n) is 1.42. The lowest BCUT2D eigenvalue weighted by atomic mass is 10.3. The molecule has 0 aliphatic heterocycles. The molecule has 1 aromatic carbocycles. The Morgan fingerprint density at radius 2 is 1.69 bits per heavy atom. The highest BCUT2D eigenvalue weighted by Crippen LogP contribution is 2.31. The number of benzene rings is 1. The molecular formula is C8H7Cl3FN. The Labute approximate surface area is 90.8 Å². The van der Waals surface area contributed by atoms with Crippen molar-refractivity contribution < 1.29 is 4.39 Å². The molecule has 0 saturated heterocycles. The van der Waals surface area contributed by atoms with Crippen molar-refractivity contribution in [1.29, 1.82) is 0 Å². The first kappa shape index (κ1) is 10.9. The predicted molar refractivity (Wildman–Crippen MR) is 55.9 cm³/mol. The lowest BCUT2D eigenvalue weighted by molar-refractivity contribution is 0.513. The lowest BCUT2D eigenvalue weighted by Crippen LogP contribution is -2.03. The normalized spacial score (nSPS) is 10.2. The van der Waals surface area contributed by atoms with Crippen molar-refractivity contribution in [2.45, 2.75) is 0 Å². The second-order valence-corrected chi connectivity index (χ2v) is 3.58. The van der Waals surface area contributed by atoms with Gasteiger partial charge in [-0.15, -0.1) is 0 Å². The standard InChI is InChI=1S/C8H7Cl3FN/c9-5-3-7(11)8(4-6(5)10)13-2-1-12/h3-4,13H,1-2H2. The molecule has 0 amide bonds. The molecule has 0 aliphatic rings. The van der Waals surface area contributed by atoms with E-state index in [1.165, 1.54) is 6.07 Å². The zero-order chi connectivity index (χ0) is 9.84. The second kappa shape index (κ2) is 4.89. The average molecular weight is 243 g/mol. The minimum atomic E-state index is -0.462. The van der Waals surface area contributed by atoms with Gasteiger partial charge in [0, 0.05) is 6.54 Å². The van der Waals surface area contributed by atoms with E-state index in [4.69, 9.17) is 34.8 Å². The van der Waals surface area contributed by atoms with Gasteiger partial charge in [0.2, 0.25) is 0 Å². The van der Waals surface area contributed by atoms with Crippen LogP contribution in [0.3, 0.4) is 0 Å². The molecule has 0 fully saturated rings. The van der Waals surface area contributed by atoms with Gasteiger partial charge in [-0.25, -0.2) is 4.39 Å². The third kappa shape index (κ3) is 2.90. The maximum Gasteiger partial charge on any atom is 0.107 e. The van der Waals surface area contributed by atoms with E-state index in [0.717, 1.165) is 0 Å². The molecule has 1 rings (SSSR count). The molecule has 0 heterocycles. The molecule has 1 nitrogen and oxygen atoms in total. The van der Waals surface area contributed by atoms with Gasteiger partial charge in [0.15, 0.2) is 0 Å². The number of hydrogen-bond acceptors (Lipinski definition) is 1. The van der Waals surface area contributed by atoms with Crippen LogP contribution in [0.15, 0.2) is 12.1 Å². The lowest BCUT2D eigenvalue weighted by Gasteiger charge is -2.07. The van der Waals surface area contributed by atoms with Crippen LogP contribution >= 0.6 is 34.8 Å². The zero-order valence-electron chi connectivity index (χ0n) is 6.58. The first-order valence-corrected chi connectivity index (χ1v) is 4.73. The quantitative estimate of drug-likeness (QED) is 0.789. The molecule has 13 heavy (non-hydrogen) atoms. The van der Waals surface area contributed by atoms with Gasteiger partial charge < -0.3 is 5.32 Å². The Balaban J connectivity index is 2.88. The number of halogens is 4. The van der Waals surface area contributed by atoms with Crippen molar-refractivity contribution in [2.24, 2.45) is 0 Å². The maximum atomic E-state index is 11.8. The van der Waals surface area contributed by atoms with Gasteiger partial charge >= 0.3 is 0 Å². The molecule has 0 aromatic heterocycles. The summed E-state index contributed by atoms with van der Waals surface area (Å²) in [7, 11) is 0. The van der Waals surface area contributed by atoms with Crippen LogP contribution in [0.25, 0.3) is 0 Å². The summed E-state index contributed by atoms with van der Waals surface area (Å²) in [6.07, 6.45) is 0. The molecule has 0 radical (unpaired) electrons. The fourth-order valence-corrected chi connectivity index (χ4v) is 1.45. The molecular weight excluding hydrogens is 235 g/mol. The SMILES string of the molecule is FCCNc1cc(Cl)c(Cl)cc1Cl. The highest BCUT2D eigenvalue weighted by molar-refractivity contribution is 6.44. The van der Waals surface area contributed by atoms with Gasteiger partial charge in [-0.05, 0) is 12.1 Å². The van der Waals surface area contributed by atoms with Crippen LogP contribution in [0.1, 0.15) is 0 Å². The smallest absolute Gasteiger partial charge is 0.107 e. The number of alkyl halides is 1. The highest BCUT2D eigenvalue weighted by Gasteiger charge is 2.04. The maximum absolute atomic E-state index is 11.8. The number of rotatable bonds is 3. The number of nitrogens with one attached hydrogen (secondary N) is 1. The predicted octanol–water partition coefficient (Wildman–Crippen LogP) is 4.03. The van der Waals surface area contributed by atoms with Gasteiger partial charge in [0.1, 0.15) is 6.67 Å². The van der Waals surface area contributed by atoms with Crippen molar-refractivity contribution in [1.82, 2.24) is 0 Å². The van der Waals surface area contributed by atoms with Crippen LogP contribution in [-0.4, -0.2) is 13.2 Å². The zero-order valence-corrected chi connectivity index (χ0v) is 8.85. The summed E-state index contributed by atoms with van der Waals surface area (Å²) in [5, 5.41) is 4.00. The van der Waals surface area contributed by atoms with Crippen LogP contribution in [0.5, 0.6) is 0 Å². The van der Waals surface area contributed by atoms with Gasteiger partial charge in [-0.1, -0.05) is 34.8 Å². The van der Waals surface area contributed by atoms with E-state index in [9.17, 15) is 4.39 Å². The van der Waals surface area contributed by atoms with E-state index in [0.29, 0.717) is 20.8 Å². The molecule has 72 valence electrons. The van der Waals surface area contributed by atoms with E-state index in [-0.39, 0.29) is 6.54 Å². The van der Waals surface area contributed by atoms with Crippen molar-refractivity contribution in [3.05, 3.63) is 27.2 Å². The van der Waals surface area contributed by atoms with E-state index < -0.39 is 6.67 Å². The van der Waals surface area contributed by atoms with Crippen LogP contribution in [-0.2, 0) is 0 Å². The Bertz CT molecular complexity index is 304. The summed E-state index contributed by atoms with van der Waals surface area (Å²) < 4.78 is 11.8. The van der Waals surface area contributed by atoms with E-state index in [2.05, 4.69) is 5.32 Å². The Hall–Kier alpha value is -0.180. The van der Waals surface area contributed by atoms with Crippen molar-refractivity contribution in [3.63, 3.8) is 0 Å². The molecule has 0 atom stereocenters. The summed E-state index contributed by atoms with van der Waals surface area (Å²) in [4.78, 5) is 0. The molecule has 5 heteroatoms. The van der Waals surface area contributed by atoms with Crippen molar-refractivity contribution in [2.75, 3.05) is 18.5 Å². The van der Waals surface area contributed by atoms with E-state index in [1.54, 1.807) is 6.07 Å². The Morgan fingerprint density at radius 1 is 1.08 bits per heavy atom. The van der Waals surface area contributed by atoms with Gasteiger partial charge in [-0.2, -0.15) is 0 Å². The topological polar surface area (TPSA) is 12.0 Å². The van der Waals surface area contributed by atoms with Gasteiger partial charge in [0.05, 0.1) is 20.8 Å². The van der Waals surface area contributed by atoms with Crippen molar-refractivity contribution >= 4 is 40.5 Å². The summed E-state index contributed by atoms with van der Waals surface area (Å²) >= 11 is 17.3. The van der Waals surface area contributed by atoms with E-state index >= 15 is 0 Å². The number of anilines is 1. The molecule has 0 unspecified atom stereocenters. The first-order chi connectivity index (χ1) is 6.15. The minimum Gasteiger partial charge on any atom is -0.381 e. The van der Waals surface area contributed by atoms with Crippen LogP contribution in [0.2, 0.25) is 15.1 Å². The summed E-state index contributed by atoms with van der Waals surface area (Å²) in [6, 6.07) is 3.09. The Kier molecular flexibility index (Phi) is 4.10. The van der Waals surface area contributed by atoms with Crippen molar-refractivity contribution in [3.8, 4) is 0 Å². The fourth-order valence-electron chi connectivity index (χ4n) is 0.840. The molecule has 1 aromatic rings. The summed E-state index contributed by atoms with van der Waals surface area (Å²) in [5.74, 6) is 0. The molecule has 1 N–H and O–H groups in total. The largest absolute Gasteiger partial charge is 0.381 e. The monoisotopic (exact) mass is 241 g/mol. The summed E-state index contributed by atoms with van der Waals surface area (Å²) in [6.45, 7) is -0.256. The fraction of sp³-hybridized carbons (Fsp3) is 0.250. The second-order valence-electron chi connectivity index (χ2n) is 2.36. The summed E-state index contributed by atoms with van der Waals surface area (Å²) in [5.41, 5.74) is 0.591. The van der Waals surface area contributed by atoms with E-state index in [1.807, 2.05) is 0 Å². The molecule has 0 saturated carbocycles. The highest BCUT2D eigenvalue weighted by atomic mass is 35.5. The Morgan fingerprint density at radius 3 is 2.31 bits per heavy atom. The average Bonchev–Trinajstić information content (AvgIpc) is 2.09. The third-order valence-corrected chi connectivity index (χ3v) is 2.45. The molecule has 0 aliphatic carbocycles. The first-order valence-electron chi connectivity index (χ1n) is 3.59. The van der Waals surface area contributed by atoms with Crippen LogP contribution < -0.4 is 5.32 Å². The molecule has 0 spiro atoms.